The van der Waals surface area contributed by atoms with E-state index in [4.69, 9.17) is 0 Å². The van der Waals surface area contributed by atoms with Crippen molar-refractivity contribution in [3.8, 4) is 0 Å². The fourth-order valence-electron chi connectivity index (χ4n) is 0.927. The first-order valence-corrected chi connectivity index (χ1v) is 5.62. The van der Waals surface area contributed by atoms with Gasteiger partial charge in [-0.05, 0) is 19.3 Å². The minimum atomic E-state index is -4.18. The molecule has 0 heterocycles. The number of rotatable bonds is 5. The maximum Gasteiger partial charge on any atom is 1.00 e. The van der Waals surface area contributed by atoms with Crippen molar-refractivity contribution in [3.05, 3.63) is 11.0 Å². The molecule has 13 heavy (non-hydrogen) atoms. The maximum atomic E-state index is 10.3. The third-order valence-corrected chi connectivity index (χ3v) is 2.24. The predicted molar refractivity (Wildman–Crippen MR) is 47.6 cm³/mol. The van der Waals surface area contributed by atoms with Crippen LogP contribution in [0, 0.1) is 0 Å². The van der Waals surface area contributed by atoms with Crippen LogP contribution in [0.3, 0.4) is 0 Å². The van der Waals surface area contributed by atoms with Crippen LogP contribution in [0.1, 0.15) is 39.5 Å². The standard InChI is InChI=1S/C8H16O3S.Na/c1-3-5-6-8(4-2)7-12(9,10)11;/h7H,3-6H2,1-2H3,(H,9,10,11);/q;+1/p-1/b8-7+;. The van der Waals surface area contributed by atoms with Gasteiger partial charge in [0, 0.05) is 5.41 Å². The summed E-state index contributed by atoms with van der Waals surface area (Å²) in [5.41, 5.74) is 0.729. The van der Waals surface area contributed by atoms with E-state index in [0.29, 0.717) is 12.8 Å². The van der Waals surface area contributed by atoms with Gasteiger partial charge in [0.2, 0.25) is 0 Å². The molecule has 0 rings (SSSR count). The van der Waals surface area contributed by atoms with Crippen molar-refractivity contribution in [2.24, 2.45) is 0 Å². The number of unbranched alkanes of at least 4 members (excludes halogenated alkanes) is 1. The van der Waals surface area contributed by atoms with Crippen molar-refractivity contribution < 1.29 is 42.5 Å². The van der Waals surface area contributed by atoms with Crippen LogP contribution in [-0.4, -0.2) is 13.0 Å². The van der Waals surface area contributed by atoms with Crippen LogP contribution in [0.25, 0.3) is 0 Å². The molecule has 0 aromatic carbocycles. The van der Waals surface area contributed by atoms with E-state index in [0.717, 1.165) is 23.8 Å². The molecule has 0 saturated carbocycles. The monoisotopic (exact) mass is 214 g/mol. The third kappa shape index (κ3) is 10.6. The Balaban J connectivity index is 0. The summed E-state index contributed by atoms with van der Waals surface area (Å²) in [4.78, 5) is 0. The summed E-state index contributed by atoms with van der Waals surface area (Å²) in [7, 11) is -4.18. The van der Waals surface area contributed by atoms with Crippen LogP contribution < -0.4 is 29.6 Å². The molecule has 0 aliphatic carbocycles. The Morgan fingerprint density at radius 1 is 1.38 bits per heavy atom. The van der Waals surface area contributed by atoms with Crippen LogP contribution in [0.15, 0.2) is 11.0 Å². The third-order valence-electron chi connectivity index (χ3n) is 1.62. The molecule has 0 bridgehead atoms. The van der Waals surface area contributed by atoms with E-state index in [-0.39, 0.29) is 29.6 Å². The summed E-state index contributed by atoms with van der Waals surface area (Å²) in [6, 6.07) is 0. The Kier molecular flexibility index (Phi) is 9.90. The molecule has 0 atom stereocenters. The van der Waals surface area contributed by atoms with Crippen LogP contribution in [0.2, 0.25) is 0 Å². The molecule has 0 radical (unpaired) electrons. The molecule has 0 aromatic heterocycles. The molecule has 0 aromatic rings. The Morgan fingerprint density at radius 3 is 2.23 bits per heavy atom. The minimum absolute atomic E-state index is 0. The number of allylic oxidation sites excluding steroid dienone is 1. The van der Waals surface area contributed by atoms with E-state index >= 15 is 0 Å². The van der Waals surface area contributed by atoms with Gasteiger partial charge in [0.05, 0.1) is 0 Å². The van der Waals surface area contributed by atoms with Gasteiger partial charge in [-0.1, -0.05) is 25.8 Å². The Bertz CT molecular complexity index is 244. The first kappa shape index (κ1) is 16.1. The van der Waals surface area contributed by atoms with Gasteiger partial charge >= 0.3 is 29.6 Å². The van der Waals surface area contributed by atoms with Crippen molar-refractivity contribution >= 4 is 10.1 Å². The first-order valence-electron chi connectivity index (χ1n) is 4.15. The minimum Gasteiger partial charge on any atom is -0.744 e. The van der Waals surface area contributed by atoms with Crippen molar-refractivity contribution in [2.45, 2.75) is 39.5 Å². The van der Waals surface area contributed by atoms with Gasteiger partial charge in [0.15, 0.2) is 0 Å². The summed E-state index contributed by atoms with van der Waals surface area (Å²) in [6.45, 7) is 3.88. The Labute approximate surface area is 103 Å². The molecule has 3 nitrogen and oxygen atoms in total. The first-order chi connectivity index (χ1) is 5.49. The van der Waals surface area contributed by atoms with Gasteiger partial charge in [-0.3, -0.25) is 0 Å². The maximum absolute atomic E-state index is 10.3. The summed E-state index contributed by atoms with van der Waals surface area (Å²) >= 11 is 0. The van der Waals surface area contributed by atoms with Gasteiger partial charge in [-0.25, -0.2) is 8.42 Å². The second-order valence-electron chi connectivity index (χ2n) is 2.73. The summed E-state index contributed by atoms with van der Waals surface area (Å²) in [6.07, 6.45) is 3.31. The van der Waals surface area contributed by atoms with Gasteiger partial charge in [-0.15, -0.1) is 0 Å². The topological polar surface area (TPSA) is 57.2 Å². The van der Waals surface area contributed by atoms with Gasteiger partial charge in [0.1, 0.15) is 10.1 Å². The molecular weight excluding hydrogens is 199 g/mol. The van der Waals surface area contributed by atoms with Crippen molar-refractivity contribution in [1.82, 2.24) is 0 Å². The Hall–Kier alpha value is 0.650. The molecule has 0 spiro atoms. The second-order valence-corrected chi connectivity index (χ2v) is 3.95. The largest absolute Gasteiger partial charge is 1.00 e. The van der Waals surface area contributed by atoms with E-state index in [1.807, 2.05) is 13.8 Å². The quantitative estimate of drug-likeness (QED) is 0.436. The van der Waals surface area contributed by atoms with Gasteiger partial charge in [-0.2, -0.15) is 0 Å². The molecule has 5 heteroatoms. The van der Waals surface area contributed by atoms with E-state index in [1.165, 1.54) is 0 Å². The van der Waals surface area contributed by atoms with Crippen LogP contribution in [0.5, 0.6) is 0 Å². The van der Waals surface area contributed by atoms with E-state index < -0.39 is 10.1 Å². The molecular formula is C8H15NaO3S. The van der Waals surface area contributed by atoms with E-state index in [9.17, 15) is 13.0 Å². The molecule has 0 saturated heterocycles. The normalized spacial score (nSPS) is 12.4. The van der Waals surface area contributed by atoms with Crippen molar-refractivity contribution in [3.63, 3.8) is 0 Å². The van der Waals surface area contributed by atoms with Crippen LogP contribution in [-0.2, 0) is 10.1 Å². The van der Waals surface area contributed by atoms with Crippen LogP contribution >= 0.6 is 0 Å². The van der Waals surface area contributed by atoms with Gasteiger partial charge < -0.3 is 4.55 Å². The summed E-state index contributed by atoms with van der Waals surface area (Å²) in [5, 5.41) is 0.850. The molecule has 0 aliphatic rings. The second kappa shape index (κ2) is 8.00. The zero-order valence-electron chi connectivity index (χ0n) is 8.54. The fraction of sp³-hybridized carbons (Fsp3) is 0.750. The van der Waals surface area contributed by atoms with Crippen molar-refractivity contribution in [1.29, 1.82) is 0 Å². The van der Waals surface area contributed by atoms with E-state index in [2.05, 4.69) is 0 Å². The smallest absolute Gasteiger partial charge is 0.744 e. The summed E-state index contributed by atoms with van der Waals surface area (Å²) < 4.78 is 31.0. The zero-order chi connectivity index (χ0) is 9.61. The molecule has 0 N–H and O–H groups in total. The Morgan fingerprint density at radius 2 is 1.92 bits per heavy atom. The zero-order valence-corrected chi connectivity index (χ0v) is 11.4. The molecule has 0 amide bonds. The summed E-state index contributed by atoms with van der Waals surface area (Å²) in [5.74, 6) is 0. The average Bonchev–Trinajstić information content (AvgIpc) is 1.95. The number of hydrogen-bond donors (Lipinski definition) is 0. The molecule has 72 valence electrons. The van der Waals surface area contributed by atoms with E-state index in [1.54, 1.807) is 0 Å². The van der Waals surface area contributed by atoms with Crippen molar-refractivity contribution in [2.75, 3.05) is 0 Å². The molecule has 0 fully saturated rings. The average molecular weight is 214 g/mol. The van der Waals surface area contributed by atoms with Gasteiger partial charge in [0.25, 0.3) is 0 Å². The SMILES string of the molecule is CCCC/C(=C/S(=O)(=O)[O-])CC.[Na+]. The molecule has 0 unspecified atom stereocenters. The number of hydrogen-bond acceptors (Lipinski definition) is 3. The fourth-order valence-corrected chi connectivity index (χ4v) is 1.62. The molecule has 0 aliphatic heterocycles. The predicted octanol–water partition coefficient (Wildman–Crippen LogP) is -0.980. The van der Waals surface area contributed by atoms with Crippen LogP contribution in [0.4, 0.5) is 0 Å².